The minimum atomic E-state index is -1.19. The lowest BCUT2D eigenvalue weighted by atomic mass is 10.0. The number of para-hydroxylation sites is 1. The monoisotopic (exact) mass is 537 g/mol. The van der Waals surface area contributed by atoms with Gasteiger partial charge in [0.2, 0.25) is 11.9 Å². The molecular weight excluding hydrogens is 516 g/mol. The molecule has 3 heterocycles. The van der Waals surface area contributed by atoms with Crippen molar-refractivity contribution in [2.45, 2.75) is 12.5 Å². The van der Waals surface area contributed by atoms with Crippen LogP contribution in [0.5, 0.6) is 0 Å². The molecule has 0 spiro atoms. The van der Waals surface area contributed by atoms with Crippen LogP contribution in [0, 0.1) is 11.6 Å². The van der Waals surface area contributed by atoms with E-state index in [1.54, 1.807) is 24.4 Å². The van der Waals surface area contributed by atoms with E-state index in [4.69, 9.17) is 0 Å². The maximum atomic E-state index is 13.9. The van der Waals surface area contributed by atoms with E-state index in [-0.39, 0.29) is 23.5 Å². The van der Waals surface area contributed by atoms with Crippen LogP contribution in [0.15, 0.2) is 85.3 Å². The topological polar surface area (TPSA) is 128 Å². The van der Waals surface area contributed by atoms with Crippen molar-refractivity contribution in [3.05, 3.63) is 108 Å². The minimum Gasteiger partial charge on any atom is -0.340 e. The van der Waals surface area contributed by atoms with Crippen LogP contribution in [0.25, 0.3) is 33.3 Å². The third-order valence-electron chi connectivity index (χ3n) is 6.35. The molecule has 0 aliphatic carbocycles. The lowest BCUT2D eigenvalue weighted by molar-refractivity contribution is -0.118. The second-order valence-electron chi connectivity index (χ2n) is 9.14. The first-order valence-corrected chi connectivity index (χ1v) is 12.3. The van der Waals surface area contributed by atoms with Crippen LogP contribution in [0.3, 0.4) is 0 Å². The number of imidazole rings is 2. The summed E-state index contributed by atoms with van der Waals surface area (Å²) in [4.78, 5) is 45.6. The van der Waals surface area contributed by atoms with Crippen LogP contribution in [-0.2, 0) is 11.2 Å². The second kappa shape index (κ2) is 10.4. The third kappa shape index (κ3) is 5.12. The van der Waals surface area contributed by atoms with Crippen LogP contribution in [0.1, 0.15) is 15.9 Å². The molecule has 3 aromatic heterocycles. The fourth-order valence-electron chi connectivity index (χ4n) is 4.50. The Labute approximate surface area is 225 Å². The standard InChI is InChI=1S/C29H21F2N7O2/c30-19-10-16(11-20(31)14-19)12-24(28(40)38-29-32-8-9-33-29)36-27(39)21-6-3-7-22-25(21)37-26(35-22)23-13-17-4-1-2-5-18(17)15-34-23/h1-11,13-15,24H,12H2,(H,35,37)(H,36,39)(H2,32,33,38,40)/t24-/m0/s1. The van der Waals surface area contributed by atoms with Crippen LogP contribution in [-0.4, -0.2) is 42.8 Å². The second-order valence-corrected chi connectivity index (χ2v) is 9.14. The Hall–Kier alpha value is -5.45. The zero-order chi connectivity index (χ0) is 27.6. The van der Waals surface area contributed by atoms with Gasteiger partial charge in [0.05, 0.1) is 11.1 Å². The summed E-state index contributed by atoms with van der Waals surface area (Å²) in [6.07, 6.45) is 4.55. The normalized spacial score (nSPS) is 11.9. The van der Waals surface area contributed by atoms with Gasteiger partial charge in [-0.15, -0.1) is 0 Å². The first-order chi connectivity index (χ1) is 19.4. The molecule has 3 aromatic carbocycles. The Morgan fingerprint density at radius 2 is 1.73 bits per heavy atom. The number of nitrogens with zero attached hydrogens (tertiary/aromatic N) is 3. The molecule has 198 valence electrons. The van der Waals surface area contributed by atoms with Crippen molar-refractivity contribution in [3.63, 3.8) is 0 Å². The molecule has 6 rings (SSSR count). The maximum Gasteiger partial charge on any atom is 0.254 e. The molecule has 0 fully saturated rings. The zero-order valence-electron chi connectivity index (χ0n) is 20.8. The summed E-state index contributed by atoms with van der Waals surface area (Å²) >= 11 is 0. The highest BCUT2D eigenvalue weighted by molar-refractivity contribution is 6.07. The number of aromatic amines is 2. The highest BCUT2D eigenvalue weighted by atomic mass is 19.1. The molecule has 2 amide bonds. The van der Waals surface area contributed by atoms with Crippen LogP contribution >= 0.6 is 0 Å². The van der Waals surface area contributed by atoms with Gasteiger partial charge in [0.1, 0.15) is 28.9 Å². The van der Waals surface area contributed by atoms with Gasteiger partial charge in [-0.05, 0) is 41.3 Å². The Kier molecular flexibility index (Phi) is 6.44. The van der Waals surface area contributed by atoms with Crippen molar-refractivity contribution >= 4 is 39.6 Å². The van der Waals surface area contributed by atoms with Crippen molar-refractivity contribution < 1.29 is 18.4 Å². The van der Waals surface area contributed by atoms with Crippen molar-refractivity contribution in [2.75, 3.05) is 5.32 Å². The highest BCUT2D eigenvalue weighted by Gasteiger charge is 2.25. The summed E-state index contributed by atoms with van der Waals surface area (Å²) in [6.45, 7) is 0. The first-order valence-electron chi connectivity index (χ1n) is 12.3. The molecule has 11 heteroatoms. The number of fused-ring (bicyclic) bond motifs is 2. The number of pyridine rings is 1. The molecule has 0 radical (unpaired) electrons. The van der Waals surface area contributed by atoms with E-state index in [9.17, 15) is 18.4 Å². The van der Waals surface area contributed by atoms with Gasteiger partial charge in [0.25, 0.3) is 5.91 Å². The molecule has 0 unspecified atom stereocenters. The summed E-state index contributed by atoms with van der Waals surface area (Å²) in [5.74, 6) is -2.15. The largest absolute Gasteiger partial charge is 0.340 e. The molecule has 1 atom stereocenters. The Morgan fingerprint density at radius 1 is 0.925 bits per heavy atom. The smallest absolute Gasteiger partial charge is 0.254 e. The van der Waals surface area contributed by atoms with E-state index >= 15 is 0 Å². The fourth-order valence-corrected chi connectivity index (χ4v) is 4.50. The van der Waals surface area contributed by atoms with E-state index in [1.165, 1.54) is 12.4 Å². The summed E-state index contributed by atoms with van der Waals surface area (Å²) in [5, 5.41) is 7.24. The number of nitrogens with one attached hydrogen (secondary N) is 4. The number of benzene rings is 3. The molecule has 0 saturated heterocycles. The number of rotatable bonds is 7. The van der Waals surface area contributed by atoms with Gasteiger partial charge in [0, 0.05) is 36.5 Å². The van der Waals surface area contributed by atoms with E-state index < -0.39 is 29.5 Å². The number of hydrogen-bond acceptors (Lipinski definition) is 5. The Morgan fingerprint density at radius 3 is 2.50 bits per heavy atom. The summed E-state index contributed by atoms with van der Waals surface area (Å²) in [5.41, 5.74) is 1.99. The summed E-state index contributed by atoms with van der Waals surface area (Å²) < 4.78 is 27.7. The van der Waals surface area contributed by atoms with E-state index in [2.05, 4.69) is 35.6 Å². The maximum absolute atomic E-state index is 13.9. The lowest BCUT2D eigenvalue weighted by Crippen LogP contribution is -2.45. The van der Waals surface area contributed by atoms with Gasteiger partial charge in [-0.1, -0.05) is 30.3 Å². The zero-order valence-corrected chi connectivity index (χ0v) is 20.8. The molecule has 0 aliphatic rings. The number of aromatic nitrogens is 5. The predicted octanol–water partition coefficient (Wildman–Crippen LogP) is 4.76. The number of hydrogen-bond donors (Lipinski definition) is 4. The average Bonchev–Trinajstić information content (AvgIpc) is 3.61. The van der Waals surface area contributed by atoms with Gasteiger partial charge in [-0.25, -0.2) is 18.7 Å². The van der Waals surface area contributed by atoms with Gasteiger partial charge in [-0.3, -0.25) is 19.9 Å². The number of H-pyrrole nitrogens is 2. The first kappa shape index (κ1) is 24.9. The highest BCUT2D eigenvalue weighted by Crippen LogP contribution is 2.24. The molecule has 0 bridgehead atoms. The third-order valence-corrected chi connectivity index (χ3v) is 6.35. The van der Waals surface area contributed by atoms with E-state index in [0.29, 0.717) is 22.6 Å². The molecular formula is C29H21F2N7O2. The average molecular weight is 538 g/mol. The van der Waals surface area contributed by atoms with Crippen LogP contribution in [0.2, 0.25) is 0 Å². The number of anilines is 1. The van der Waals surface area contributed by atoms with Crippen molar-refractivity contribution in [3.8, 4) is 11.5 Å². The van der Waals surface area contributed by atoms with E-state index in [0.717, 1.165) is 29.0 Å². The summed E-state index contributed by atoms with van der Waals surface area (Å²) in [7, 11) is 0. The van der Waals surface area contributed by atoms with Crippen molar-refractivity contribution in [1.82, 2.24) is 30.2 Å². The van der Waals surface area contributed by atoms with Crippen molar-refractivity contribution in [2.24, 2.45) is 0 Å². The van der Waals surface area contributed by atoms with Crippen molar-refractivity contribution in [1.29, 1.82) is 0 Å². The van der Waals surface area contributed by atoms with Gasteiger partial charge in [-0.2, -0.15) is 0 Å². The molecule has 6 aromatic rings. The molecule has 9 nitrogen and oxygen atoms in total. The van der Waals surface area contributed by atoms with Gasteiger partial charge < -0.3 is 15.3 Å². The summed E-state index contributed by atoms with van der Waals surface area (Å²) in [6, 6.07) is 16.5. The number of carbonyl (C=O) groups is 2. The molecule has 0 aliphatic heterocycles. The SMILES string of the molecule is O=C(N[C@@H](Cc1cc(F)cc(F)c1)C(=O)Nc1ncc[nH]1)c1cccc2[nH]c(-c3cc4ccccc4cn3)nc12. The van der Waals surface area contributed by atoms with Crippen LogP contribution in [0.4, 0.5) is 14.7 Å². The minimum absolute atomic E-state index is 0.164. The van der Waals surface area contributed by atoms with E-state index in [1.807, 2.05) is 30.3 Å². The predicted molar refractivity (Wildman–Crippen MR) is 145 cm³/mol. The van der Waals surface area contributed by atoms with Crippen LogP contribution < -0.4 is 10.6 Å². The molecule has 4 N–H and O–H groups in total. The quantitative estimate of drug-likeness (QED) is 0.234. The fraction of sp³-hybridized carbons (Fsp3) is 0.0690. The molecule has 0 saturated carbocycles. The number of amides is 2. The molecule has 40 heavy (non-hydrogen) atoms. The Bertz CT molecular complexity index is 1850. The van der Waals surface area contributed by atoms with Gasteiger partial charge >= 0.3 is 0 Å². The van der Waals surface area contributed by atoms with Gasteiger partial charge in [0.15, 0.2) is 5.82 Å². The number of halogens is 2. The Balaban J connectivity index is 1.31. The lowest BCUT2D eigenvalue weighted by Gasteiger charge is -2.18. The number of carbonyl (C=O) groups excluding carboxylic acids is 2.